The van der Waals surface area contributed by atoms with Crippen molar-refractivity contribution in [2.45, 2.75) is 32.1 Å². The molecule has 0 aromatic rings. The minimum absolute atomic E-state index is 0.127. The summed E-state index contributed by atoms with van der Waals surface area (Å²) in [5.74, 6) is 0.188. The van der Waals surface area contributed by atoms with Gasteiger partial charge < -0.3 is 20.9 Å². The molecule has 1 amide bonds. The lowest BCUT2D eigenvalue weighted by molar-refractivity contribution is -0.124. The minimum Gasteiger partial charge on any atom is -0.356 e. The molecule has 0 bridgehead atoms. The molecule has 5 heteroatoms. The van der Waals surface area contributed by atoms with Crippen molar-refractivity contribution in [2.75, 3.05) is 52.9 Å². The quantitative estimate of drug-likeness (QED) is 0.658. The van der Waals surface area contributed by atoms with Crippen LogP contribution in [-0.4, -0.2) is 68.6 Å². The molecule has 0 unspecified atom stereocenters. The van der Waals surface area contributed by atoms with Crippen LogP contribution in [0.3, 0.4) is 0 Å². The van der Waals surface area contributed by atoms with Crippen LogP contribution in [0.2, 0.25) is 0 Å². The smallest absolute Gasteiger partial charge is 0.220 e. The van der Waals surface area contributed by atoms with Crippen molar-refractivity contribution in [3.8, 4) is 0 Å². The van der Waals surface area contributed by atoms with Gasteiger partial charge in [-0.15, -0.1) is 0 Å². The van der Waals surface area contributed by atoms with Crippen molar-refractivity contribution >= 4 is 5.91 Å². The Hall–Kier alpha value is -0.650. The molecule has 2 aliphatic rings. The van der Waals surface area contributed by atoms with E-state index in [1.165, 1.54) is 6.42 Å². The maximum Gasteiger partial charge on any atom is 0.220 e. The highest BCUT2D eigenvalue weighted by atomic mass is 16.1. The van der Waals surface area contributed by atoms with E-state index in [0.717, 1.165) is 58.5 Å². The second-order valence-corrected chi connectivity index (χ2v) is 6.58. The maximum atomic E-state index is 11.9. The zero-order chi connectivity index (χ0) is 14.4. The lowest BCUT2D eigenvalue weighted by Gasteiger charge is -2.40. The topological polar surface area (TPSA) is 61.6 Å². The summed E-state index contributed by atoms with van der Waals surface area (Å²) in [6.45, 7) is 7.17. The van der Waals surface area contributed by atoms with Gasteiger partial charge in [-0.25, -0.2) is 0 Å². The van der Waals surface area contributed by atoms with Crippen LogP contribution in [0.15, 0.2) is 0 Å². The van der Waals surface area contributed by atoms with E-state index in [4.69, 9.17) is 5.73 Å². The number of likely N-dealkylation sites (N-methyl/N-ethyl adjacent to an activating group) is 1. The molecule has 1 aliphatic carbocycles. The number of rotatable bonds is 7. The first-order chi connectivity index (χ1) is 9.63. The molecule has 0 radical (unpaired) electrons. The van der Waals surface area contributed by atoms with E-state index in [0.29, 0.717) is 13.0 Å². The van der Waals surface area contributed by atoms with Crippen molar-refractivity contribution in [3.05, 3.63) is 0 Å². The van der Waals surface area contributed by atoms with E-state index in [1.807, 2.05) is 0 Å². The molecule has 0 spiro atoms. The van der Waals surface area contributed by atoms with Crippen molar-refractivity contribution in [1.82, 2.24) is 15.1 Å². The molecule has 0 aromatic carbocycles. The van der Waals surface area contributed by atoms with Crippen LogP contribution in [0.4, 0.5) is 0 Å². The summed E-state index contributed by atoms with van der Waals surface area (Å²) in [6, 6.07) is 0. The number of nitrogens with zero attached hydrogens (tertiary/aromatic N) is 2. The third-order valence-corrected chi connectivity index (χ3v) is 4.95. The molecule has 116 valence electrons. The van der Waals surface area contributed by atoms with Crippen LogP contribution >= 0.6 is 0 Å². The standard InChI is InChI=1S/C15H30N4O/c1-18-8-10-19(11-9-18)7-3-6-17-14(20)12-15(13-16)4-2-5-15/h2-13,16H2,1H3,(H,17,20). The molecule has 0 aromatic heterocycles. The van der Waals surface area contributed by atoms with Gasteiger partial charge in [-0.1, -0.05) is 6.42 Å². The summed E-state index contributed by atoms with van der Waals surface area (Å²) < 4.78 is 0. The number of amides is 1. The van der Waals surface area contributed by atoms with Gasteiger partial charge in [0.2, 0.25) is 5.91 Å². The third kappa shape index (κ3) is 4.43. The first-order valence-corrected chi connectivity index (χ1v) is 8.01. The summed E-state index contributed by atoms with van der Waals surface area (Å²) in [4.78, 5) is 16.8. The zero-order valence-corrected chi connectivity index (χ0v) is 12.9. The second-order valence-electron chi connectivity index (χ2n) is 6.58. The monoisotopic (exact) mass is 282 g/mol. The molecule has 1 heterocycles. The Bertz CT molecular complexity index is 303. The Labute approximate surface area is 122 Å². The van der Waals surface area contributed by atoms with Crippen molar-refractivity contribution in [1.29, 1.82) is 0 Å². The van der Waals surface area contributed by atoms with E-state index in [1.54, 1.807) is 0 Å². The van der Waals surface area contributed by atoms with Gasteiger partial charge >= 0.3 is 0 Å². The molecule has 5 nitrogen and oxygen atoms in total. The van der Waals surface area contributed by atoms with Crippen molar-refractivity contribution < 1.29 is 4.79 Å². The number of nitrogens with two attached hydrogens (primary N) is 1. The summed E-state index contributed by atoms with van der Waals surface area (Å²) in [5, 5.41) is 3.06. The number of piperazine rings is 1. The predicted octanol–water partition coefficient (Wildman–Crippen LogP) is 0.259. The molecule has 3 N–H and O–H groups in total. The largest absolute Gasteiger partial charge is 0.356 e. The molecule has 1 saturated carbocycles. The fourth-order valence-electron chi connectivity index (χ4n) is 3.13. The highest BCUT2D eigenvalue weighted by Crippen LogP contribution is 2.42. The zero-order valence-electron chi connectivity index (χ0n) is 12.9. The summed E-state index contributed by atoms with van der Waals surface area (Å²) in [5.41, 5.74) is 5.92. The van der Waals surface area contributed by atoms with Crippen LogP contribution in [0.1, 0.15) is 32.1 Å². The molecule has 1 aliphatic heterocycles. The van der Waals surface area contributed by atoms with E-state index in [-0.39, 0.29) is 11.3 Å². The van der Waals surface area contributed by atoms with Gasteiger partial charge in [-0.2, -0.15) is 0 Å². The fourth-order valence-corrected chi connectivity index (χ4v) is 3.13. The normalized spacial score (nSPS) is 23.3. The Balaban J connectivity index is 1.53. The molecule has 2 fully saturated rings. The van der Waals surface area contributed by atoms with Gasteiger partial charge in [-0.05, 0) is 44.8 Å². The van der Waals surface area contributed by atoms with Crippen molar-refractivity contribution in [3.63, 3.8) is 0 Å². The molecule has 0 atom stereocenters. The van der Waals surface area contributed by atoms with Crippen LogP contribution in [0.5, 0.6) is 0 Å². The Kier molecular flexibility index (Phi) is 5.81. The van der Waals surface area contributed by atoms with Gasteiger partial charge in [0.15, 0.2) is 0 Å². The Morgan fingerprint density at radius 1 is 1.25 bits per heavy atom. The number of carbonyl (C=O) groups excluding carboxylic acids is 1. The highest BCUT2D eigenvalue weighted by molar-refractivity contribution is 5.76. The maximum absolute atomic E-state index is 11.9. The van der Waals surface area contributed by atoms with Crippen molar-refractivity contribution in [2.24, 2.45) is 11.1 Å². The van der Waals surface area contributed by atoms with Crippen LogP contribution in [-0.2, 0) is 4.79 Å². The number of hydrogen-bond donors (Lipinski definition) is 2. The van der Waals surface area contributed by atoms with Crippen LogP contribution in [0, 0.1) is 5.41 Å². The van der Waals surface area contributed by atoms with E-state index < -0.39 is 0 Å². The summed E-state index contributed by atoms with van der Waals surface area (Å²) in [7, 11) is 2.17. The van der Waals surface area contributed by atoms with Gasteiger partial charge in [0.05, 0.1) is 0 Å². The summed E-state index contributed by atoms with van der Waals surface area (Å²) >= 11 is 0. The van der Waals surface area contributed by atoms with Crippen LogP contribution < -0.4 is 11.1 Å². The summed E-state index contributed by atoms with van der Waals surface area (Å²) in [6.07, 6.45) is 5.15. The minimum atomic E-state index is 0.127. The van der Waals surface area contributed by atoms with E-state index >= 15 is 0 Å². The lowest BCUT2D eigenvalue weighted by Crippen LogP contribution is -2.45. The van der Waals surface area contributed by atoms with E-state index in [9.17, 15) is 4.79 Å². The number of hydrogen-bond acceptors (Lipinski definition) is 4. The van der Waals surface area contributed by atoms with Gasteiger partial charge in [0, 0.05) is 39.1 Å². The first kappa shape index (κ1) is 15.7. The number of carbonyl (C=O) groups is 1. The predicted molar refractivity (Wildman–Crippen MR) is 81.5 cm³/mol. The molecular formula is C15H30N4O. The molecule has 20 heavy (non-hydrogen) atoms. The fraction of sp³-hybridized carbons (Fsp3) is 0.933. The first-order valence-electron chi connectivity index (χ1n) is 8.01. The SMILES string of the molecule is CN1CCN(CCCNC(=O)CC2(CN)CCC2)CC1. The second kappa shape index (κ2) is 7.38. The molecular weight excluding hydrogens is 252 g/mol. The van der Waals surface area contributed by atoms with E-state index in [2.05, 4.69) is 22.2 Å². The molecule has 1 saturated heterocycles. The van der Waals surface area contributed by atoms with Gasteiger partial charge in [0.1, 0.15) is 0 Å². The van der Waals surface area contributed by atoms with Crippen LogP contribution in [0.25, 0.3) is 0 Å². The van der Waals surface area contributed by atoms with Gasteiger partial charge in [-0.3, -0.25) is 4.79 Å². The Morgan fingerprint density at radius 3 is 2.50 bits per heavy atom. The lowest BCUT2D eigenvalue weighted by atomic mass is 9.66. The molecule has 2 rings (SSSR count). The average Bonchev–Trinajstić information content (AvgIpc) is 2.41. The Morgan fingerprint density at radius 2 is 1.95 bits per heavy atom. The third-order valence-electron chi connectivity index (χ3n) is 4.95. The van der Waals surface area contributed by atoms with Gasteiger partial charge in [0.25, 0.3) is 0 Å². The highest BCUT2D eigenvalue weighted by Gasteiger charge is 2.37. The number of nitrogens with one attached hydrogen (secondary N) is 1. The average molecular weight is 282 g/mol.